The van der Waals surface area contributed by atoms with Crippen LogP contribution < -0.4 is 16.1 Å². The molecular weight excluding hydrogens is 422 g/mol. The van der Waals surface area contributed by atoms with Crippen LogP contribution >= 0.6 is 15.9 Å². The molecule has 0 atom stereocenters. The van der Waals surface area contributed by atoms with Gasteiger partial charge in [0.1, 0.15) is 5.75 Å². The summed E-state index contributed by atoms with van der Waals surface area (Å²) in [5.41, 5.74) is -0.0305. The highest BCUT2D eigenvalue weighted by molar-refractivity contribution is 9.10. The average Bonchev–Trinajstić information content (AvgIpc) is 2.70. The zero-order valence-electron chi connectivity index (χ0n) is 15.1. The highest BCUT2D eigenvalue weighted by atomic mass is 79.9. The van der Waals surface area contributed by atoms with Crippen LogP contribution in [-0.2, 0) is 6.54 Å². The van der Waals surface area contributed by atoms with Gasteiger partial charge in [-0.25, -0.2) is 9.59 Å². The van der Waals surface area contributed by atoms with Crippen LogP contribution in [0.25, 0.3) is 21.7 Å². The quantitative estimate of drug-likeness (QED) is 0.407. The van der Waals surface area contributed by atoms with Crippen LogP contribution in [0.15, 0.2) is 79.1 Å². The molecule has 142 valence electrons. The number of benzene rings is 3. The van der Waals surface area contributed by atoms with E-state index in [2.05, 4.69) is 28.1 Å². The Bertz CT molecular complexity index is 1260. The predicted molar refractivity (Wildman–Crippen MR) is 113 cm³/mol. The first-order chi connectivity index (χ1) is 13.6. The molecule has 0 radical (unpaired) electrons. The molecule has 0 fully saturated rings. The molecule has 0 aliphatic heterocycles. The molecule has 28 heavy (non-hydrogen) atoms. The zero-order valence-corrected chi connectivity index (χ0v) is 16.6. The molecule has 0 bridgehead atoms. The minimum absolute atomic E-state index is 0.390. The molecular formula is C22H18BrNO4. The minimum Gasteiger partial charge on any atom is -0.494 e. The molecule has 0 saturated heterocycles. The van der Waals surface area contributed by atoms with E-state index in [9.17, 15) is 9.59 Å². The Morgan fingerprint density at radius 1 is 0.929 bits per heavy atom. The smallest absolute Gasteiger partial charge is 0.422 e. The fourth-order valence-electron chi connectivity index (χ4n) is 3.23. The zero-order chi connectivity index (χ0) is 19.5. The molecule has 0 aliphatic rings. The number of halogens is 1. The minimum atomic E-state index is -0.629. The number of unbranched alkanes of at least 4 members (excludes halogenated alkanes) is 1. The molecule has 5 nitrogen and oxygen atoms in total. The van der Waals surface area contributed by atoms with E-state index in [4.69, 9.17) is 9.15 Å². The van der Waals surface area contributed by atoms with Crippen molar-refractivity contribution in [3.8, 4) is 5.75 Å². The normalized spacial score (nSPS) is 11.2. The maximum atomic E-state index is 12.1. The summed E-state index contributed by atoms with van der Waals surface area (Å²) in [4.78, 5) is 24.0. The highest BCUT2D eigenvalue weighted by Gasteiger charge is 2.09. The summed E-state index contributed by atoms with van der Waals surface area (Å²) in [7, 11) is 0. The second-order valence-corrected chi connectivity index (χ2v) is 7.45. The van der Waals surface area contributed by atoms with E-state index >= 15 is 0 Å². The summed E-state index contributed by atoms with van der Waals surface area (Å²) in [6.07, 6.45) is 1.50. The van der Waals surface area contributed by atoms with Gasteiger partial charge in [-0.1, -0.05) is 46.3 Å². The first-order valence-corrected chi connectivity index (χ1v) is 9.86. The molecule has 6 heteroatoms. The average molecular weight is 440 g/mol. The van der Waals surface area contributed by atoms with E-state index < -0.39 is 11.4 Å². The van der Waals surface area contributed by atoms with Crippen molar-refractivity contribution in [1.29, 1.82) is 0 Å². The molecule has 0 unspecified atom stereocenters. The van der Waals surface area contributed by atoms with Crippen LogP contribution in [0.1, 0.15) is 12.8 Å². The van der Waals surface area contributed by atoms with E-state index in [-0.39, 0.29) is 0 Å². The lowest BCUT2D eigenvalue weighted by molar-refractivity contribution is 0.301. The van der Waals surface area contributed by atoms with Gasteiger partial charge in [0.2, 0.25) is 0 Å². The number of nitrogens with zero attached hydrogens (tertiary/aromatic N) is 1. The lowest BCUT2D eigenvalue weighted by atomic mass is 10.1. The molecule has 0 amide bonds. The van der Waals surface area contributed by atoms with Crippen molar-refractivity contribution in [2.45, 2.75) is 19.4 Å². The van der Waals surface area contributed by atoms with Gasteiger partial charge in [-0.15, -0.1) is 0 Å². The van der Waals surface area contributed by atoms with Crippen molar-refractivity contribution < 1.29 is 9.15 Å². The van der Waals surface area contributed by atoms with Crippen LogP contribution in [0.2, 0.25) is 0 Å². The topological polar surface area (TPSA) is 61.4 Å². The van der Waals surface area contributed by atoms with Crippen LogP contribution in [0.3, 0.4) is 0 Å². The van der Waals surface area contributed by atoms with Gasteiger partial charge >= 0.3 is 11.4 Å². The number of aromatic nitrogens is 1. The Balaban J connectivity index is 1.40. The van der Waals surface area contributed by atoms with E-state index in [1.165, 1.54) is 9.95 Å². The van der Waals surface area contributed by atoms with Crippen molar-refractivity contribution in [2.75, 3.05) is 6.61 Å². The third-order valence-electron chi connectivity index (χ3n) is 4.64. The number of fused-ring (bicyclic) bond motifs is 2. The van der Waals surface area contributed by atoms with Gasteiger partial charge in [0.15, 0.2) is 0 Å². The fourth-order valence-corrected chi connectivity index (χ4v) is 3.59. The van der Waals surface area contributed by atoms with Gasteiger partial charge in [-0.05, 0) is 53.9 Å². The van der Waals surface area contributed by atoms with E-state index in [0.717, 1.165) is 28.5 Å². The molecule has 0 spiro atoms. The molecule has 3 aromatic carbocycles. The number of ether oxygens (including phenoxy) is 1. The second kappa shape index (κ2) is 8.02. The van der Waals surface area contributed by atoms with Gasteiger partial charge in [0.05, 0.1) is 17.5 Å². The Morgan fingerprint density at radius 3 is 2.61 bits per heavy atom. The maximum Gasteiger partial charge on any atom is 0.422 e. The predicted octanol–water partition coefficient (Wildman–Crippen LogP) is 4.73. The van der Waals surface area contributed by atoms with Gasteiger partial charge in [-0.3, -0.25) is 4.57 Å². The van der Waals surface area contributed by atoms with E-state index in [0.29, 0.717) is 24.1 Å². The lowest BCUT2D eigenvalue weighted by Crippen LogP contribution is -2.25. The number of hydrogen-bond acceptors (Lipinski definition) is 4. The van der Waals surface area contributed by atoms with Crippen LogP contribution in [-0.4, -0.2) is 11.2 Å². The van der Waals surface area contributed by atoms with Gasteiger partial charge in [0.25, 0.3) is 0 Å². The number of rotatable bonds is 6. The lowest BCUT2D eigenvalue weighted by Gasteiger charge is -2.10. The second-order valence-electron chi connectivity index (χ2n) is 6.53. The van der Waals surface area contributed by atoms with Crippen molar-refractivity contribution in [3.05, 3.63) is 86.1 Å². The third kappa shape index (κ3) is 3.87. The van der Waals surface area contributed by atoms with Crippen LogP contribution in [0, 0.1) is 0 Å². The Kier molecular flexibility index (Phi) is 5.30. The van der Waals surface area contributed by atoms with Crippen molar-refractivity contribution in [2.24, 2.45) is 0 Å². The fraction of sp³-hybridized carbons (Fsp3) is 0.182. The van der Waals surface area contributed by atoms with Crippen molar-refractivity contribution in [3.63, 3.8) is 0 Å². The molecule has 0 saturated carbocycles. The summed E-state index contributed by atoms with van der Waals surface area (Å²) in [5.74, 6) is 0.201. The van der Waals surface area contributed by atoms with Gasteiger partial charge < -0.3 is 9.15 Å². The standard InChI is InChI=1S/C22H18BrNO4/c23-17-8-10-20-19(14-17)21(25)28-22(26)24(20)11-3-4-12-27-18-9-7-15-5-1-2-6-16(15)13-18/h1-2,5-10,13-14H,3-4,11-12H2. The molecule has 1 aromatic heterocycles. The SMILES string of the molecule is O=c1oc(=O)n(CCCCOc2ccc3ccccc3c2)c2ccc(Br)cc12. The molecule has 1 heterocycles. The summed E-state index contributed by atoms with van der Waals surface area (Å²) in [6.45, 7) is 1.01. The Morgan fingerprint density at radius 2 is 1.75 bits per heavy atom. The molecule has 0 aliphatic carbocycles. The molecule has 0 N–H and O–H groups in total. The largest absolute Gasteiger partial charge is 0.494 e. The summed E-state index contributed by atoms with van der Waals surface area (Å²) in [6, 6.07) is 19.4. The Hall–Kier alpha value is -2.86. The van der Waals surface area contributed by atoms with Crippen LogP contribution in [0.4, 0.5) is 0 Å². The van der Waals surface area contributed by atoms with Gasteiger partial charge in [-0.2, -0.15) is 0 Å². The van der Waals surface area contributed by atoms with E-state index in [1.807, 2.05) is 30.3 Å². The summed E-state index contributed by atoms with van der Waals surface area (Å²) < 4.78 is 12.9. The highest BCUT2D eigenvalue weighted by Crippen LogP contribution is 2.21. The maximum absolute atomic E-state index is 12.1. The number of hydrogen-bond donors (Lipinski definition) is 0. The summed E-state index contributed by atoms with van der Waals surface area (Å²) in [5, 5.41) is 2.71. The van der Waals surface area contributed by atoms with Crippen molar-refractivity contribution in [1.82, 2.24) is 4.57 Å². The number of aryl methyl sites for hydroxylation is 1. The Labute approximate surface area is 169 Å². The van der Waals surface area contributed by atoms with Crippen LogP contribution in [0.5, 0.6) is 5.75 Å². The molecule has 4 aromatic rings. The van der Waals surface area contributed by atoms with Crippen molar-refractivity contribution >= 4 is 37.6 Å². The summed E-state index contributed by atoms with van der Waals surface area (Å²) >= 11 is 3.34. The first kappa shape index (κ1) is 18.5. The monoisotopic (exact) mass is 439 g/mol. The van der Waals surface area contributed by atoms with E-state index in [1.54, 1.807) is 18.2 Å². The first-order valence-electron chi connectivity index (χ1n) is 9.07. The molecule has 4 rings (SSSR count). The van der Waals surface area contributed by atoms with Gasteiger partial charge in [0, 0.05) is 11.0 Å². The third-order valence-corrected chi connectivity index (χ3v) is 5.13.